The Morgan fingerprint density at radius 3 is 2.44 bits per heavy atom. The van der Waals surface area contributed by atoms with Gasteiger partial charge in [-0.05, 0) is 51.7 Å². The van der Waals surface area contributed by atoms with E-state index in [-0.39, 0.29) is 6.09 Å². The zero-order chi connectivity index (χ0) is 18.3. The molecule has 140 valence electrons. The zero-order valence-corrected chi connectivity index (χ0v) is 16.9. The van der Waals surface area contributed by atoms with Gasteiger partial charge in [0.1, 0.15) is 17.1 Å². The summed E-state index contributed by atoms with van der Waals surface area (Å²) < 4.78 is 16.9. The molecule has 1 amide bonds. The third-order valence-electron chi connectivity index (χ3n) is 3.90. The summed E-state index contributed by atoms with van der Waals surface area (Å²) in [6.45, 7) is 8.40. The van der Waals surface area contributed by atoms with Crippen LogP contribution < -0.4 is 9.47 Å². The number of benzene rings is 1. The second kappa shape index (κ2) is 9.32. The highest BCUT2D eigenvalue weighted by atomic mass is 79.9. The predicted molar refractivity (Wildman–Crippen MR) is 102 cm³/mol. The highest BCUT2D eigenvalue weighted by Crippen LogP contribution is 2.23. The molecular formula is C19H28BrNO4. The summed E-state index contributed by atoms with van der Waals surface area (Å²) in [5.74, 6) is 2.09. The van der Waals surface area contributed by atoms with Crippen LogP contribution in [0.5, 0.6) is 11.5 Å². The van der Waals surface area contributed by atoms with E-state index in [0.717, 1.165) is 42.8 Å². The molecule has 1 heterocycles. The first kappa shape index (κ1) is 19.9. The molecule has 5 nitrogen and oxygen atoms in total. The van der Waals surface area contributed by atoms with Gasteiger partial charge >= 0.3 is 6.09 Å². The third kappa shape index (κ3) is 7.14. The highest BCUT2D eigenvalue weighted by Gasteiger charge is 2.27. The van der Waals surface area contributed by atoms with Gasteiger partial charge in [0, 0.05) is 24.5 Å². The number of hydrogen-bond donors (Lipinski definition) is 0. The molecule has 0 aromatic heterocycles. The topological polar surface area (TPSA) is 48.0 Å². The molecule has 1 saturated heterocycles. The fraction of sp³-hybridized carbons (Fsp3) is 0.632. The molecule has 0 unspecified atom stereocenters. The van der Waals surface area contributed by atoms with Crippen molar-refractivity contribution in [1.29, 1.82) is 0 Å². The first-order valence-corrected chi connectivity index (χ1v) is 9.89. The largest absolute Gasteiger partial charge is 0.493 e. The number of carbonyl (C=O) groups excluding carboxylic acids is 1. The highest BCUT2D eigenvalue weighted by molar-refractivity contribution is 9.09. The van der Waals surface area contributed by atoms with Crippen molar-refractivity contribution in [2.24, 2.45) is 5.92 Å². The minimum absolute atomic E-state index is 0.219. The number of rotatable bonds is 6. The monoisotopic (exact) mass is 413 g/mol. The Bertz CT molecular complexity index is 551. The first-order valence-electron chi connectivity index (χ1n) is 8.77. The lowest BCUT2D eigenvalue weighted by Crippen LogP contribution is -2.42. The molecule has 0 radical (unpaired) electrons. The minimum Gasteiger partial charge on any atom is -0.493 e. The Morgan fingerprint density at radius 2 is 1.84 bits per heavy atom. The van der Waals surface area contributed by atoms with Crippen molar-refractivity contribution in [1.82, 2.24) is 4.90 Å². The van der Waals surface area contributed by atoms with Crippen LogP contribution in [0.25, 0.3) is 0 Å². The summed E-state index contributed by atoms with van der Waals surface area (Å²) in [6, 6.07) is 7.72. The maximum Gasteiger partial charge on any atom is 0.410 e. The van der Waals surface area contributed by atoms with Crippen LogP contribution in [-0.2, 0) is 4.74 Å². The molecule has 1 aliphatic rings. The van der Waals surface area contributed by atoms with Crippen LogP contribution in [0.15, 0.2) is 24.3 Å². The molecule has 0 atom stereocenters. The lowest BCUT2D eigenvalue weighted by atomic mass is 9.98. The maximum absolute atomic E-state index is 12.1. The van der Waals surface area contributed by atoms with Crippen LogP contribution >= 0.6 is 15.9 Å². The molecule has 0 N–H and O–H groups in total. The number of likely N-dealkylation sites (tertiary alicyclic amines) is 1. The van der Waals surface area contributed by atoms with Crippen molar-refractivity contribution in [3.63, 3.8) is 0 Å². The maximum atomic E-state index is 12.1. The fourth-order valence-corrected chi connectivity index (χ4v) is 2.79. The number of hydrogen-bond acceptors (Lipinski definition) is 4. The number of piperidine rings is 1. The average Bonchev–Trinajstić information content (AvgIpc) is 2.57. The van der Waals surface area contributed by atoms with Gasteiger partial charge in [-0.2, -0.15) is 0 Å². The Hall–Kier alpha value is -1.43. The Morgan fingerprint density at radius 1 is 1.20 bits per heavy atom. The van der Waals surface area contributed by atoms with Crippen molar-refractivity contribution in [2.75, 3.05) is 31.6 Å². The Labute approximate surface area is 158 Å². The van der Waals surface area contributed by atoms with Crippen molar-refractivity contribution in [3.8, 4) is 11.5 Å². The molecule has 1 aromatic rings. The molecule has 0 saturated carbocycles. The lowest BCUT2D eigenvalue weighted by molar-refractivity contribution is 0.0165. The van der Waals surface area contributed by atoms with E-state index in [4.69, 9.17) is 14.2 Å². The third-order valence-corrected chi connectivity index (χ3v) is 4.23. The summed E-state index contributed by atoms with van der Waals surface area (Å²) in [6.07, 6.45) is 1.64. The molecule has 0 aliphatic carbocycles. The lowest BCUT2D eigenvalue weighted by Gasteiger charge is -2.33. The van der Waals surface area contributed by atoms with E-state index in [9.17, 15) is 4.79 Å². The van der Waals surface area contributed by atoms with Gasteiger partial charge in [-0.3, -0.25) is 0 Å². The minimum atomic E-state index is -0.445. The normalized spacial score (nSPS) is 15.8. The number of ether oxygens (including phenoxy) is 3. The number of carbonyl (C=O) groups is 1. The average molecular weight is 414 g/mol. The first-order chi connectivity index (χ1) is 11.9. The summed E-state index contributed by atoms with van der Waals surface area (Å²) in [5, 5.41) is 0.800. The van der Waals surface area contributed by atoms with Crippen molar-refractivity contribution < 1.29 is 19.0 Å². The number of nitrogens with zero attached hydrogens (tertiary/aromatic N) is 1. The van der Waals surface area contributed by atoms with E-state index in [0.29, 0.717) is 19.1 Å². The van der Waals surface area contributed by atoms with Gasteiger partial charge in [-0.15, -0.1) is 0 Å². The molecular weight excluding hydrogens is 386 g/mol. The molecule has 1 fully saturated rings. The van der Waals surface area contributed by atoms with Crippen molar-refractivity contribution in [3.05, 3.63) is 24.3 Å². The van der Waals surface area contributed by atoms with E-state index in [1.54, 1.807) is 4.90 Å². The molecule has 2 rings (SSSR count). The Balaban J connectivity index is 1.74. The van der Waals surface area contributed by atoms with Crippen molar-refractivity contribution >= 4 is 22.0 Å². The zero-order valence-electron chi connectivity index (χ0n) is 15.3. The molecule has 0 spiro atoms. The Kier molecular flexibility index (Phi) is 7.41. The van der Waals surface area contributed by atoms with E-state index in [2.05, 4.69) is 15.9 Å². The standard InChI is InChI=1S/C19H28BrNO4/c1-19(2,3)25-18(22)21-10-7-15(8-11-21)14-24-17-6-4-5-16(13-17)23-12-9-20/h4-6,13,15H,7-12,14H2,1-3H3. The van der Waals surface area contributed by atoms with E-state index in [1.165, 1.54) is 0 Å². The van der Waals surface area contributed by atoms with Gasteiger partial charge in [0.15, 0.2) is 0 Å². The SMILES string of the molecule is CC(C)(C)OC(=O)N1CCC(COc2cccc(OCCBr)c2)CC1. The molecule has 1 aromatic carbocycles. The van der Waals surface area contributed by atoms with Crippen LogP contribution in [0, 0.1) is 5.92 Å². The molecule has 1 aliphatic heterocycles. The summed E-state index contributed by atoms with van der Waals surface area (Å²) >= 11 is 3.35. The molecule has 0 bridgehead atoms. The van der Waals surface area contributed by atoms with Crippen LogP contribution in [0.1, 0.15) is 33.6 Å². The van der Waals surface area contributed by atoms with Gasteiger partial charge in [0.25, 0.3) is 0 Å². The van der Waals surface area contributed by atoms with Crippen LogP contribution in [0.4, 0.5) is 4.79 Å². The van der Waals surface area contributed by atoms with Gasteiger partial charge in [-0.1, -0.05) is 22.0 Å². The van der Waals surface area contributed by atoms with Gasteiger partial charge in [-0.25, -0.2) is 4.79 Å². The van der Waals surface area contributed by atoms with Crippen LogP contribution in [0.3, 0.4) is 0 Å². The summed E-state index contributed by atoms with van der Waals surface area (Å²) in [5.41, 5.74) is -0.445. The molecule has 25 heavy (non-hydrogen) atoms. The van der Waals surface area contributed by atoms with Crippen LogP contribution in [-0.4, -0.2) is 48.2 Å². The smallest absolute Gasteiger partial charge is 0.410 e. The predicted octanol–water partition coefficient (Wildman–Crippen LogP) is 4.49. The summed E-state index contributed by atoms with van der Waals surface area (Å²) in [7, 11) is 0. The van der Waals surface area contributed by atoms with E-state index >= 15 is 0 Å². The van der Waals surface area contributed by atoms with Gasteiger partial charge < -0.3 is 19.1 Å². The van der Waals surface area contributed by atoms with E-state index in [1.807, 2.05) is 45.0 Å². The van der Waals surface area contributed by atoms with Crippen LogP contribution in [0.2, 0.25) is 0 Å². The number of halogens is 1. The summed E-state index contributed by atoms with van der Waals surface area (Å²) in [4.78, 5) is 13.9. The van der Waals surface area contributed by atoms with Gasteiger partial charge in [0.05, 0.1) is 13.2 Å². The van der Waals surface area contributed by atoms with E-state index < -0.39 is 5.60 Å². The quantitative estimate of drug-likeness (QED) is 0.644. The van der Waals surface area contributed by atoms with Crippen molar-refractivity contribution in [2.45, 2.75) is 39.2 Å². The second-order valence-corrected chi connectivity index (χ2v) is 8.03. The number of alkyl halides is 1. The molecule has 6 heteroatoms. The fourth-order valence-electron chi connectivity index (χ4n) is 2.63. The second-order valence-electron chi connectivity index (χ2n) is 7.23. The number of amides is 1. The van der Waals surface area contributed by atoms with Gasteiger partial charge in [0.2, 0.25) is 0 Å².